The first-order chi connectivity index (χ1) is 15.2. The summed E-state index contributed by atoms with van der Waals surface area (Å²) in [5.74, 6) is 0.109. The van der Waals surface area contributed by atoms with Crippen molar-refractivity contribution >= 4 is 27.8 Å². The second-order valence-electron chi connectivity index (χ2n) is 8.61. The average Bonchev–Trinajstić information content (AvgIpc) is 3.22. The van der Waals surface area contributed by atoms with E-state index >= 15 is 0 Å². The van der Waals surface area contributed by atoms with Crippen molar-refractivity contribution in [3.63, 3.8) is 0 Å². The number of allylic oxidation sites excluding steroid dienone is 3. The van der Waals surface area contributed by atoms with Crippen molar-refractivity contribution in [1.82, 2.24) is 0 Å². The van der Waals surface area contributed by atoms with E-state index in [2.05, 4.69) is 6.07 Å². The van der Waals surface area contributed by atoms with Crippen LogP contribution in [-0.4, -0.2) is 17.8 Å². The summed E-state index contributed by atoms with van der Waals surface area (Å²) in [7, 11) is 1.58. The molecule has 1 atom stereocenters. The van der Waals surface area contributed by atoms with E-state index in [0.29, 0.717) is 34.7 Å². The van der Waals surface area contributed by atoms with Crippen LogP contribution in [-0.2, 0) is 4.79 Å². The van der Waals surface area contributed by atoms with Gasteiger partial charge in [0.25, 0.3) is 0 Å². The van der Waals surface area contributed by atoms with Gasteiger partial charge in [-0.2, -0.15) is 5.26 Å². The van der Waals surface area contributed by atoms with E-state index in [1.54, 1.807) is 30.2 Å². The summed E-state index contributed by atoms with van der Waals surface area (Å²) in [5.41, 5.74) is 8.40. The van der Waals surface area contributed by atoms with Gasteiger partial charge in [0, 0.05) is 34.3 Å². The number of thiophene rings is 1. The van der Waals surface area contributed by atoms with Crippen LogP contribution in [0.1, 0.15) is 37.5 Å². The number of hydrogen-bond acceptors (Lipinski definition) is 8. The average molecular weight is 451 g/mol. The van der Waals surface area contributed by atoms with E-state index < -0.39 is 10.8 Å². The van der Waals surface area contributed by atoms with Crippen LogP contribution < -0.4 is 15.4 Å². The largest absolute Gasteiger partial charge is 0.497 e. The van der Waals surface area contributed by atoms with Crippen molar-refractivity contribution in [2.75, 3.05) is 12.0 Å². The highest BCUT2D eigenvalue weighted by atomic mass is 32.1. The van der Waals surface area contributed by atoms with Crippen molar-refractivity contribution in [3.05, 3.63) is 74.1 Å². The number of ketones is 1. The molecule has 164 valence electrons. The Morgan fingerprint density at radius 3 is 2.50 bits per heavy atom. The number of anilines is 1. The molecule has 0 radical (unpaired) electrons. The number of nitrogens with two attached hydrogens (primary N) is 1. The van der Waals surface area contributed by atoms with E-state index in [-0.39, 0.29) is 27.6 Å². The van der Waals surface area contributed by atoms with E-state index in [9.17, 15) is 20.2 Å². The van der Waals surface area contributed by atoms with Gasteiger partial charge < -0.3 is 10.5 Å². The van der Waals surface area contributed by atoms with E-state index in [1.165, 1.54) is 6.07 Å². The summed E-state index contributed by atoms with van der Waals surface area (Å²) >= 11 is 0.967. The van der Waals surface area contributed by atoms with Gasteiger partial charge in [0.2, 0.25) is 0 Å². The van der Waals surface area contributed by atoms with Crippen molar-refractivity contribution in [1.29, 1.82) is 5.26 Å². The highest BCUT2D eigenvalue weighted by Gasteiger charge is 2.45. The van der Waals surface area contributed by atoms with Crippen LogP contribution >= 0.6 is 11.3 Å². The highest BCUT2D eigenvalue weighted by molar-refractivity contribution is 7.15. The molecule has 0 amide bonds. The zero-order valence-corrected chi connectivity index (χ0v) is 18.7. The lowest BCUT2D eigenvalue weighted by Gasteiger charge is -2.43. The van der Waals surface area contributed by atoms with E-state index in [1.807, 2.05) is 26.0 Å². The lowest BCUT2D eigenvalue weighted by Crippen LogP contribution is -2.42. The van der Waals surface area contributed by atoms with Crippen LogP contribution in [0.4, 0.5) is 10.7 Å². The first-order valence-corrected chi connectivity index (χ1v) is 10.8. The summed E-state index contributed by atoms with van der Waals surface area (Å²) in [5, 5.41) is 21.2. The molecule has 2 aliphatic rings. The molecule has 4 rings (SSSR count). The molecule has 0 spiro atoms. The van der Waals surface area contributed by atoms with Crippen LogP contribution in [0.5, 0.6) is 5.75 Å². The Kier molecular flexibility index (Phi) is 5.26. The number of nitrogens with zero attached hydrogens (tertiary/aromatic N) is 3. The molecule has 2 heterocycles. The quantitative estimate of drug-likeness (QED) is 0.533. The molecule has 1 aliphatic heterocycles. The van der Waals surface area contributed by atoms with Crippen molar-refractivity contribution in [2.45, 2.75) is 32.6 Å². The molecule has 0 fully saturated rings. The molecule has 0 bridgehead atoms. The molecular weight excluding hydrogens is 428 g/mol. The minimum absolute atomic E-state index is 0.0424. The number of ether oxygens (including phenoxy) is 1. The minimum Gasteiger partial charge on any atom is -0.497 e. The van der Waals surface area contributed by atoms with Gasteiger partial charge in [0.15, 0.2) is 5.78 Å². The Hall–Kier alpha value is -3.64. The Balaban J connectivity index is 1.95. The van der Waals surface area contributed by atoms with E-state index in [4.69, 9.17) is 10.5 Å². The van der Waals surface area contributed by atoms with Gasteiger partial charge in [0.05, 0.1) is 29.6 Å². The second kappa shape index (κ2) is 7.80. The number of hydrogen-bond donors (Lipinski definition) is 1. The van der Waals surface area contributed by atoms with Crippen LogP contribution in [0.15, 0.2) is 59.1 Å². The van der Waals surface area contributed by atoms with Crippen LogP contribution in [0.25, 0.3) is 0 Å². The smallest absolute Gasteiger partial charge is 0.324 e. The number of carbonyl (C=O) groups is 1. The molecule has 9 heteroatoms. The van der Waals surface area contributed by atoms with Gasteiger partial charge in [-0.15, -0.1) is 0 Å². The maximum absolute atomic E-state index is 13.4. The van der Waals surface area contributed by atoms with Crippen LogP contribution in [0, 0.1) is 26.9 Å². The van der Waals surface area contributed by atoms with Gasteiger partial charge in [-0.3, -0.25) is 19.8 Å². The topological polar surface area (TPSA) is 122 Å². The summed E-state index contributed by atoms with van der Waals surface area (Å²) in [6, 6.07) is 12.4. The fourth-order valence-electron chi connectivity index (χ4n) is 4.42. The van der Waals surface area contributed by atoms with Gasteiger partial charge in [-0.25, -0.2) is 0 Å². The number of nitriles is 1. The number of Topliss-reactive ketones (excluding diaryl/α,β-unsaturated/α-hetero) is 1. The Morgan fingerprint density at radius 2 is 1.94 bits per heavy atom. The minimum atomic E-state index is -0.716. The van der Waals surface area contributed by atoms with Crippen LogP contribution in [0.2, 0.25) is 0 Å². The molecule has 8 nitrogen and oxygen atoms in total. The second-order valence-corrected chi connectivity index (χ2v) is 9.71. The fourth-order valence-corrected chi connectivity index (χ4v) is 5.36. The number of rotatable bonds is 4. The first-order valence-electron chi connectivity index (χ1n) is 10.0. The zero-order chi connectivity index (χ0) is 23.2. The molecular formula is C23H22N4O4S. The van der Waals surface area contributed by atoms with Gasteiger partial charge in [-0.05, 0) is 42.2 Å². The fraction of sp³-hybridized carbons (Fsp3) is 0.304. The summed E-state index contributed by atoms with van der Waals surface area (Å²) in [6.45, 7) is 4.04. The SMILES string of the molecule is COc1ccc(N2C(N)=C(C#N)[C@@H](c3ccc([N+](=O)[O-])s3)C3=C2CC(C)(C)CC3=O)cc1. The molecule has 1 aromatic heterocycles. The molecule has 0 saturated heterocycles. The standard InChI is InChI=1S/C23H22N4O4S/c1-23(2)10-16-21(17(28)11-23)20(18-8-9-19(32-18)27(29)30)15(12-24)22(25)26(16)13-4-6-14(31-3)7-5-13/h4-9,20H,10-11,25H2,1-3H3/t20-/m0/s1. The maximum atomic E-state index is 13.4. The third-order valence-electron chi connectivity index (χ3n) is 5.79. The third kappa shape index (κ3) is 3.52. The molecule has 1 aromatic carbocycles. The predicted molar refractivity (Wildman–Crippen MR) is 121 cm³/mol. The third-order valence-corrected chi connectivity index (χ3v) is 6.89. The Morgan fingerprint density at radius 1 is 1.25 bits per heavy atom. The van der Waals surface area contributed by atoms with Gasteiger partial charge >= 0.3 is 5.00 Å². The monoisotopic (exact) mass is 450 g/mol. The van der Waals surface area contributed by atoms with Gasteiger partial charge in [-0.1, -0.05) is 25.2 Å². The molecule has 1 aliphatic carbocycles. The van der Waals surface area contributed by atoms with Gasteiger partial charge in [0.1, 0.15) is 11.6 Å². The predicted octanol–water partition coefficient (Wildman–Crippen LogP) is 4.61. The lowest BCUT2D eigenvalue weighted by atomic mass is 9.69. The molecule has 32 heavy (non-hydrogen) atoms. The number of nitro groups is 1. The maximum Gasteiger partial charge on any atom is 0.324 e. The molecule has 0 saturated carbocycles. The summed E-state index contributed by atoms with van der Waals surface area (Å²) in [6.07, 6.45) is 0.897. The Bertz CT molecular complexity index is 1220. The first kappa shape index (κ1) is 21.6. The normalized spacial score (nSPS) is 20.1. The number of carbonyl (C=O) groups excluding carboxylic acids is 1. The molecule has 2 N–H and O–H groups in total. The highest BCUT2D eigenvalue weighted by Crippen LogP contribution is 2.51. The van der Waals surface area contributed by atoms with Crippen molar-refractivity contribution < 1.29 is 14.5 Å². The number of benzene rings is 1. The lowest BCUT2D eigenvalue weighted by molar-refractivity contribution is -0.380. The molecule has 0 unspecified atom stereocenters. The van der Waals surface area contributed by atoms with Crippen LogP contribution in [0.3, 0.4) is 0 Å². The van der Waals surface area contributed by atoms with E-state index in [0.717, 1.165) is 17.0 Å². The zero-order valence-electron chi connectivity index (χ0n) is 17.9. The summed E-state index contributed by atoms with van der Waals surface area (Å²) < 4.78 is 5.25. The number of methoxy groups -OCH3 is 1. The van der Waals surface area contributed by atoms with Crippen molar-refractivity contribution in [3.8, 4) is 11.8 Å². The Labute approximate surface area is 189 Å². The molecule has 2 aromatic rings. The van der Waals surface area contributed by atoms with Crippen molar-refractivity contribution in [2.24, 2.45) is 11.1 Å². The summed E-state index contributed by atoms with van der Waals surface area (Å²) in [4.78, 5) is 26.5.